The standard InChI is InChI=1S/C29H18Br3N3O3/c1-17-6-8-19(9-7-17)29(37)38-26-20(14-22(31)15-24(26)32)16-33-35-27(18-10-12-21(30)13-11-18)34-25-5-3-2-4-23(25)28(35)36/h2-16H,1H3. The molecule has 1 aromatic heterocycles. The van der Waals surface area contributed by atoms with E-state index in [1.807, 2.05) is 49.4 Å². The number of nitrogens with zero attached hydrogens (tertiary/aromatic N) is 3. The van der Waals surface area contributed by atoms with Gasteiger partial charge in [-0.25, -0.2) is 9.78 Å². The second-order valence-corrected chi connectivity index (χ2v) is 11.1. The van der Waals surface area contributed by atoms with Crippen LogP contribution >= 0.6 is 47.8 Å². The van der Waals surface area contributed by atoms with Gasteiger partial charge in [0.2, 0.25) is 0 Å². The molecule has 0 saturated heterocycles. The third-order valence-electron chi connectivity index (χ3n) is 5.69. The molecule has 0 fully saturated rings. The van der Waals surface area contributed by atoms with Gasteiger partial charge in [0.25, 0.3) is 5.56 Å². The monoisotopic (exact) mass is 693 g/mol. The van der Waals surface area contributed by atoms with Crippen LogP contribution in [0.4, 0.5) is 0 Å². The smallest absolute Gasteiger partial charge is 0.343 e. The molecule has 0 bridgehead atoms. The second kappa shape index (κ2) is 11.1. The number of rotatable bonds is 5. The van der Waals surface area contributed by atoms with Crippen LogP contribution in [-0.2, 0) is 0 Å². The van der Waals surface area contributed by atoms with E-state index in [9.17, 15) is 9.59 Å². The number of para-hydroxylation sites is 1. The minimum Gasteiger partial charge on any atom is -0.421 e. The molecule has 0 radical (unpaired) electrons. The molecular weight excluding hydrogens is 678 g/mol. The van der Waals surface area contributed by atoms with E-state index in [0.29, 0.717) is 32.3 Å². The van der Waals surface area contributed by atoms with Gasteiger partial charge < -0.3 is 4.74 Å². The maximum absolute atomic E-state index is 13.5. The van der Waals surface area contributed by atoms with E-state index in [1.165, 1.54) is 10.9 Å². The maximum atomic E-state index is 13.5. The Kier molecular flexibility index (Phi) is 7.69. The van der Waals surface area contributed by atoms with Gasteiger partial charge in [-0.15, -0.1) is 0 Å². The van der Waals surface area contributed by atoms with Gasteiger partial charge in [-0.3, -0.25) is 4.79 Å². The average molecular weight is 696 g/mol. The Bertz CT molecular complexity index is 1760. The molecule has 0 aliphatic heterocycles. The van der Waals surface area contributed by atoms with Gasteiger partial charge in [-0.1, -0.05) is 73.8 Å². The Morgan fingerprint density at radius 3 is 2.37 bits per heavy atom. The third kappa shape index (κ3) is 5.55. The highest BCUT2D eigenvalue weighted by Crippen LogP contribution is 2.33. The molecule has 0 aliphatic rings. The number of esters is 1. The highest BCUT2D eigenvalue weighted by Gasteiger charge is 2.17. The van der Waals surface area contributed by atoms with Crippen LogP contribution in [0, 0.1) is 6.92 Å². The summed E-state index contributed by atoms with van der Waals surface area (Å²) >= 11 is 10.4. The SMILES string of the molecule is Cc1ccc(C(=O)Oc2c(Br)cc(Br)cc2C=Nn2c(-c3ccc(Br)cc3)nc3ccccc3c2=O)cc1. The van der Waals surface area contributed by atoms with Crippen molar-refractivity contribution in [1.82, 2.24) is 9.66 Å². The predicted octanol–water partition coefficient (Wildman–Crippen LogP) is 7.76. The fourth-order valence-corrected chi connectivity index (χ4v) is 5.37. The molecule has 4 aromatic carbocycles. The first-order valence-corrected chi connectivity index (χ1v) is 13.8. The van der Waals surface area contributed by atoms with Crippen LogP contribution in [0.5, 0.6) is 5.75 Å². The summed E-state index contributed by atoms with van der Waals surface area (Å²) in [5.74, 6) is 0.141. The molecule has 0 atom stereocenters. The Morgan fingerprint density at radius 2 is 1.63 bits per heavy atom. The molecule has 9 heteroatoms. The van der Waals surface area contributed by atoms with E-state index in [4.69, 9.17) is 9.72 Å². The first kappa shape index (κ1) is 26.2. The quantitative estimate of drug-likeness (QED) is 0.107. The van der Waals surface area contributed by atoms with E-state index < -0.39 is 5.97 Å². The van der Waals surface area contributed by atoms with Crippen molar-refractivity contribution < 1.29 is 9.53 Å². The van der Waals surface area contributed by atoms with Gasteiger partial charge in [0.1, 0.15) is 0 Å². The lowest BCUT2D eigenvalue weighted by molar-refractivity contribution is 0.0733. The summed E-state index contributed by atoms with van der Waals surface area (Å²) in [6, 6.07) is 25.2. The number of carbonyl (C=O) groups is 1. The number of aromatic nitrogens is 2. The number of halogens is 3. The lowest BCUT2D eigenvalue weighted by Crippen LogP contribution is -2.20. The van der Waals surface area contributed by atoms with Crippen LogP contribution < -0.4 is 10.3 Å². The minimum atomic E-state index is -0.511. The molecule has 188 valence electrons. The zero-order valence-electron chi connectivity index (χ0n) is 19.9. The number of carbonyl (C=O) groups excluding carboxylic acids is 1. The van der Waals surface area contributed by atoms with E-state index in [0.717, 1.165) is 20.1 Å². The minimum absolute atomic E-state index is 0.273. The van der Waals surface area contributed by atoms with E-state index >= 15 is 0 Å². The summed E-state index contributed by atoms with van der Waals surface area (Å²) in [5.41, 5.74) is 2.90. The number of hydrogen-bond acceptors (Lipinski definition) is 5. The Hall–Kier alpha value is -3.40. The van der Waals surface area contributed by atoms with Gasteiger partial charge in [0.15, 0.2) is 11.6 Å². The molecule has 0 amide bonds. The fraction of sp³-hybridized carbons (Fsp3) is 0.0345. The number of hydrogen-bond donors (Lipinski definition) is 0. The van der Waals surface area contributed by atoms with Crippen molar-refractivity contribution >= 4 is 70.9 Å². The Morgan fingerprint density at radius 1 is 0.921 bits per heavy atom. The summed E-state index contributed by atoms with van der Waals surface area (Å²) in [7, 11) is 0. The summed E-state index contributed by atoms with van der Waals surface area (Å²) in [4.78, 5) is 31.1. The molecule has 38 heavy (non-hydrogen) atoms. The zero-order valence-corrected chi connectivity index (χ0v) is 24.6. The highest BCUT2D eigenvalue weighted by molar-refractivity contribution is 9.11. The van der Waals surface area contributed by atoms with Crippen molar-refractivity contribution in [2.24, 2.45) is 5.10 Å². The Labute approximate surface area is 243 Å². The summed E-state index contributed by atoms with van der Waals surface area (Å²) in [6.07, 6.45) is 1.48. The molecule has 0 saturated carbocycles. The number of benzene rings is 4. The van der Waals surface area contributed by atoms with Crippen molar-refractivity contribution in [3.8, 4) is 17.1 Å². The van der Waals surface area contributed by atoms with Crippen molar-refractivity contribution in [1.29, 1.82) is 0 Å². The lowest BCUT2D eigenvalue weighted by Gasteiger charge is -2.12. The molecule has 5 rings (SSSR count). The second-order valence-electron chi connectivity index (χ2n) is 8.38. The molecule has 5 aromatic rings. The van der Waals surface area contributed by atoms with Crippen LogP contribution in [0.25, 0.3) is 22.3 Å². The van der Waals surface area contributed by atoms with Gasteiger partial charge in [-0.05, 0) is 71.4 Å². The molecular formula is C29H18Br3N3O3. The van der Waals surface area contributed by atoms with Crippen LogP contribution in [0.2, 0.25) is 0 Å². The summed E-state index contributed by atoms with van der Waals surface area (Å²) in [5, 5.41) is 4.97. The van der Waals surface area contributed by atoms with Crippen molar-refractivity contribution in [2.75, 3.05) is 0 Å². The Balaban J connectivity index is 1.62. The fourth-order valence-electron chi connectivity index (χ4n) is 3.76. The van der Waals surface area contributed by atoms with Crippen molar-refractivity contribution in [3.63, 3.8) is 0 Å². The number of ether oxygens (including phenoxy) is 1. The maximum Gasteiger partial charge on any atom is 0.343 e. The van der Waals surface area contributed by atoms with Gasteiger partial charge in [-0.2, -0.15) is 9.78 Å². The summed E-state index contributed by atoms with van der Waals surface area (Å²) in [6.45, 7) is 1.95. The van der Waals surface area contributed by atoms with Crippen LogP contribution in [-0.4, -0.2) is 21.8 Å². The first-order chi connectivity index (χ1) is 18.3. The normalized spacial score (nSPS) is 11.3. The lowest BCUT2D eigenvalue weighted by atomic mass is 10.1. The average Bonchev–Trinajstić information content (AvgIpc) is 2.90. The topological polar surface area (TPSA) is 73.5 Å². The van der Waals surface area contributed by atoms with Crippen LogP contribution in [0.1, 0.15) is 21.5 Å². The molecule has 0 spiro atoms. The number of aryl methyl sites for hydroxylation is 1. The molecule has 0 unspecified atom stereocenters. The van der Waals surface area contributed by atoms with E-state index in [2.05, 4.69) is 52.9 Å². The first-order valence-electron chi connectivity index (χ1n) is 11.4. The largest absolute Gasteiger partial charge is 0.421 e. The molecule has 6 nitrogen and oxygen atoms in total. The van der Waals surface area contributed by atoms with Gasteiger partial charge >= 0.3 is 5.97 Å². The summed E-state index contributed by atoms with van der Waals surface area (Å²) < 4.78 is 9.21. The van der Waals surface area contributed by atoms with Crippen molar-refractivity contribution in [2.45, 2.75) is 6.92 Å². The van der Waals surface area contributed by atoms with Crippen LogP contribution in [0.15, 0.2) is 108 Å². The van der Waals surface area contributed by atoms with Gasteiger partial charge in [0.05, 0.1) is 27.2 Å². The van der Waals surface area contributed by atoms with Gasteiger partial charge in [0, 0.05) is 20.1 Å². The predicted molar refractivity (Wildman–Crippen MR) is 160 cm³/mol. The molecule has 1 heterocycles. The van der Waals surface area contributed by atoms with Crippen LogP contribution in [0.3, 0.4) is 0 Å². The third-order valence-corrected chi connectivity index (χ3v) is 7.26. The molecule has 0 aliphatic carbocycles. The zero-order chi connectivity index (χ0) is 26.8. The van der Waals surface area contributed by atoms with E-state index in [-0.39, 0.29) is 11.3 Å². The molecule has 0 N–H and O–H groups in total. The van der Waals surface area contributed by atoms with E-state index in [1.54, 1.807) is 42.5 Å². The number of fused-ring (bicyclic) bond motifs is 1. The van der Waals surface area contributed by atoms with Crippen molar-refractivity contribution in [3.05, 3.63) is 125 Å². The highest BCUT2D eigenvalue weighted by atomic mass is 79.9.